The van der Waals surface area contributed by atoms with E-state index in [0.29, 0.717) is 6.61 Å². The second-order valence-corrected chi connectivity index (χ2v) is 7.80. The SMILES string of the molecule is O=C(Cc1ccc(OCc2ccccc2)cc1)OC1(c2ccccc2)CC[NH2+]CC1. The summed E-state index contributed by atoms with van der Waals surface area (Å²) >= 11 is 0. The summed E-state index contributed by atoms with van der Waals surface area (Å²) in [5.41, 5.74) is 2.64. The maximum atomic E-state index is 12.8. The first-order valence-electron chi connectivity index (χ1n) is 10.6. The van der Waals surface area contributed by atoms with Crippen molar-refractivity contribution in [2.75, 3.05) is 13.1 Å². The van der Waals surface area contributed by atoms with Crippen LogP contribution in [0.1, 0.15) is 29.5 Å². The van der Waals surface area contributed by atoms with E-state index in [1.807, 2.05) is 72.8 Å². The second kappa shape index (κ2) is 9.59. The highest BCUT2D eigenvalue weighted by Gasteiger charge is 2.39. The maximum Gasteiger partial charge on any atom is 0.311 e. The van der Waals surface area contributed by atoms with E-state index in [9.17, 15) is 4.79 Å². The normalized spacial score (nSPS) is 15.3. The van der Waals surface area contributed by atoms with E-state index < -0.39 is 5.60 Å². The quantitative estimate of drug-likeness (QED) is 0.615. The van der Waals surface area contributed by atoms with E-state index in [1.165, 1.54) is 0 Å². The second-order valence-electron chi connectivity index (χ2n) is 7.80. The zero-order chi connectivity index (χ0) is 20.7. The van der Waals surface area contributed by atoms with E-state index in [1.54, 1.807) is 0 Å². The van der Waals surface area contributed by atoms with Crippen molar-refractivity contribution in [1.29, 1.82) is 0 Å². The van der Waals surface area contributed by atoms with Crippen LogP contribution in [0.5, 0.6) is 5.75 Å². The summed E-state index contributed by atoms with van der Waals surface area (Å²) in [6.45, 7) is 2.46. The minimum atomic E-state index is -0.508. The van der Waals surface area contributed by atoms with E-state index in [0.717, 1.165) is 48.4 Å². The smallest absolute Gasteiger partial charge is 0.311 e. The van der Waals surface area contributed by atoms with Crippen LogP contribution in [0.4, 0.5) is 0 Å². The van der Waals surface area contributed by atoms with E-state index in [-0.39, 0.29) is 12.4 Å². The van der Waals surface area contributed by atoms with Crippen LogP contribution in [0.3, 0.4) is 0 Å². The van der Waals surface area contributed by atoms with Crippen molar-refractivity contribution in [2.24, 2.45) is 0 Å². The average Bonchev–Trinajstić information content (AvgIpc) is 2.80. The summed E-state index contributed by atoms with van der Waals surface area (Å²) < 4.78 is 11.9. The lowest BCUT2D eigenvalue weighted by Crippen LogP contribution is -2.87. The Hall–Kier alpha value is -3.11. The molecule has 0 radical (unpaired) electrons. The predicted molar refractivity (Wildman–Crippen MR) is 116 cm³/mol. The molecule has 3 aromatic rings. The van der Waals surface area contributed by atoms with Crippen LogP contribution in [-0.4, -0.2) is 19.1 Å². The molecule has 0 amide bonds. The highest BCUT2D eigenvalue weighted by molar-refractivity contribution is 5.73. The molecule has 30 heavy (non-hydrogen) atoms. The van der Waals surface area contributed by atoms with Crippen LogP contribution in [0, 0.1) is 0 Å². The van der Waals surface area contributed by atoms with Crippen molar-refractivity contribution in [3.63, 3.8) is 0 Å². The van der Waals surface area contributed by atoms with Gasteiger partial charge < -0.3 is 14.8 Å². The van der Waals surface area contributed by atoms with Gasteiger partial charge in [-0.15, -0.1) is 0 Å². The van der Waals surface area contributed by atoms with Crippen LogP contribution < -0.4 is 10.1 Å². The third-order valence-corrected chi connectivity index (χ3v) is 5.63. The van der Waals surface area contributed by atoms with Crippen LogP contribution in [0.25, 0.3) is 0 Å². The standard InChI is InChI=1S/C26H27NO3/c28-25(30-26(15-17-27-18-16-26)23-9-5-2-6-10-23)19-21-11-13-24(14-12-21)29-20-22-7-3-1-4-8-22/h1-14,27H,15-20H2/p+1. The van der Waals surface area contributed by atoms with Crippen molar-refractivity contribution in [3.8, 4) is 5.75 Å². The van der Waals surface area contributed by atoms with E-state index >= 15 is 0 Å². The summed E-state index contributed by atoms with van der Waals surface area (Å²) in [4.78, 5) is 12.8. The molecule has 1 aliphatic heterocycles. The van der Waals surface area contributed by atoms with Crippen LogP contribution >= 0.6 is 0 Å². The fourth-order valence-electron chi connectivity index (χ4n) is 4.00. The molecule has 3 aromatic carbocycles. The molecule has 1 aliphatic rings. The first-order chi connectivity index (χ1) is 14.7. The highest BCUT2D eigenvalue weighted by Crippen LogP contribution is 2.34. The van der Waals surface area contributed by atoms with Crippen LogP contribution in [0.15, 0.2) is 84.9 Å². The molecule has 0 spiro atoms. The lowest BCUT2D eigenvalue weighted by atomic mass is 9.84. The Kier molecular flexibility index (Phi) is 6.45. The van der Waals surface area contributed by atoms with Crippen molar-refractivity contribution in [3.05, 3.63) is 102 Å². The zero-order valence-corrected chi connectivity index (χ0v) is 17.1. The Bertz CT molecular complexity index is 933. The van der Waals surface area contributed by atoms with Gasteiger partial charge in [-0.05, 0) is 28.8 Å². The van der Waals surface area contributed by atoms with Gasteiger partial charge in [0, 0.05) is 12.8 Å². The van der Waals surface area contributed by atoms with Gasteiger partial charge in [0.15, 0.2) is 0 Å². The monoisotopic (exact) mass is 402 g/mol. The summed E-state index contributed by atoms with van der Waals surface area (Å²) in [5, 5.41) is 2.28. The predicted octanol–water partition coefficient (Wildman–Crippen LogP) is 3.60. The van der Waals surface area contributed by atoms with E-state index in [4.69, 9.17) is 9.47 Å². The Labute approximate surface area is 177 Å². The number of carbonyl (C=O) groups excluding carboxylic acids is 1. The molecule has 1 fully saturated rings. The largest absolute Gasteiger partial charge is 0.489 e. The van der Waals surface area contributed by atoms with Crippen molar-refractivity contribution < 1.29 is 19.6 Å². The fraction of sp³-hybridized carbons (Fsp3) is 0.269. The van der Waals surface area contributed by atoms with Crippen molar-refractivity contribution in [1.82, 2.24) is 0 Å². The lowest BCUT2D eigenvalue weighted by Gasteiger charge is -2.36. The molecule has 4 heteroatoms. The first kappa shape index (κ1) is 20.2. The average molecular weight is 403 g/mol. The fourth-order valence-corrected chi connectivity index (χ4v) is 4.00. The Morgan fingerprint density at radius 3 is 2.10 bits per heavy atom. The van der Waals surface area contributed by atoms with Gasteiger partial charge in [-0.3, -0.25) is 4.79 Å². The van der Waals surface area contributed by atoms with Gasteiger partial charge in [0.25, 0.3) is 0 Å². The van der Waals surface area contributed by atoms with Crippen molar-refractivity contribution in [2.45, 2.75) is 31.5 Å². The Morgan fingerprint density at radius 1 is 0.800 bits per heavy atom. The molecule has 1 saturated heterocycles. The molecule has 0 atom stereocenters. The molecule has 1 heterocycles. The number of hydrogen-bond donors (Lipinski definition) is 1. The number of quaternary nitrogens is 1. The van der Waals surface area contributed by atoms with Gasteiger partial charge in [-0.1, -0.05) is 72.8 Å². The zero-order valence-electron chi connectivity index (χ0n) is 17.1. The molecule has 0 aromatic heterocycles. The molecule has 4 rings (SSSR count). The number of benzene rings is 3. The highest BCUT2D eigenvalue weighted by atomic mass is 16.6. The molecule has 0 aliphatic carbocycles. The number of carbonyl (C=O) groups is 1. The minimum Gasteiger partial charge on any atom is -0.489 e. The molecule has 2 N–H and O–H groups in total. The summed E-state index contributed by atoms with van der Waals surface area (Å²) in [7, 11) is 0. The van der Waals surface area contributed by atoms with Crippen molar-refractivity contribution >= 4 is 5.97 Å². The molecule has 0 bridgehead atoms. The third kappa shape index (κ3) is 5.08. The lowest BCUT2D eigenvalue weighted by molar-refractivity contribution is -0.668. The van der Waals surface area contributed by atoms with Gasteiger partial charge in [0.2, 0.25) is 0 Å². The third-order valence-electron chi connectivity index (χ3n) is 5.63. The maximum absolute atomic E-state index is 12.8. The van der Waals surface area contributed by atoms with Gasteiger partial charge in [-0.2, -0.15) is 0 Å². The number of rotatable bonds is 7. The van der Waals surface area contributed by atoms with Gasteiger partial charge in [0.1, 0.15) is 18.0 Å². The summed E-state index contributed by atoms with van der Waals surface area (Å²) in [6, 6.07) is 27.9. The van der Waals surface area contributed by atoms with E-state index in [2.05, 4.69) is 17.4 Å². The molecule has 0 unspecified atom stereocenters. The Balaban J connectivity index is 1.37. The molecule has 0 saturated carbocycles. The molecular weight excluding hydrogens is 374 g/mol. The number of ether oxygens (including phenoxy) is 2. The van der Waals surface area contributed by atoms with Gasteiger partial charge in [-0.25, -0.2) is 0 Å². The van der Waals surface area contributed by atoms with Crippen LogP contribution in [0.2, 0.25) is 0 Å². The van der Waals surface area contributed by atoms with Gasteiger partial charge in [0.05, 0.1) is 19.5 Å². The number of hydrogen-bond acceptors (Lipinski definition) is 3. The summed E-state index contributed by atoms with van der Waals surface area (Å²) in [6.07, 6.45) is 1.95. The topological polar surface area (TPSA) is 52.1 Å². The van der Waals surface area contributed by atoms with Crippen LogP contribution in [-0.2, 0) is 28.2 Å². The Morgan fingerprint density at radius 2 is 1.43 bits per heavy atom. The number of piperidine rings is 1. The summed E-state index contributed by atoms with van der Waals surface area (Å²) in [5.74, 6) is 0.609. The number of nitrogens with two attached hydrogens (primary N) is 1. The molecule has 4 nitrogen and oxygen atoms in total. The molecular formula is C26H28NO3+. The first-order valence-corrected chi connectivity index (χ1v) is 10.6. The molecule has 154 valence electrons. The van der Waals surface area contributed by atoms with Gasteiger partial charge >= 0.3 is 5.97 Å². The minimum absolute atomic E-state index is 0.182. The number of esters is 1.